The molecule has 23 heavy (non-hydrogen) atoms. The van der Waals surface area contributed by atoms with Crippen molar-refractivity contribution < 1.29 is 24.2 Å². The Bertz CT molecular complexity index is 727. The normalized spacial score (nSPS) is 11.5. The lowest BCUT2D eigenvalue weighted by atomic mass is 10.0. The Morgan fingerprint density at radius 3 is 2.52 bits per heavy atom. The maximum Gasteiger partial charge on any atom is 0.331 e. The molecule has 2 aromatic carbocycles. The maximum absolute atomic E-state index is 12.2. The molecular weight excluding hydrogens is 298 g/mol. The molecule has 0 amide bonds. The van der Waals surface area contributed by atoms with Gasteiger partial charge in [0.15, 0.2) is 11.8 Å². The van der Waals surface area contributed by atoms with E-state index in [0.29, 0.717) is 6.29 Å². The number of benzene rings is 2. The standard InChI is InChI=1S/C17H15NO5/c18-15(17(22)23-10-11-4-2-1-3-5-11)16(21)13-8-12(9-19)6-7-14(13)20/h1-9,15,20H,10,18H2. The number of phenols is 1. The van der Waals surface area contributed by atoms with Crippen molar-refractivity contribution in [1.82, 2.24) is 0 Å². The molecule has 1 atom stereocenters. The van der Waals surface area contributed by atoms with Crippen LogP contribution in [0.1, 0.15) is 26.3 Å². The smallest absolute Gasteiger partial charge is 0.331 e. The molecular formula is C17H15NO5. The number of carbonyl (C=O) groups is 3. The van der Waals surface area contributed by atoms with Crippen LogP contribution in [0, 0.1) is 0 Å². The molecule has 6 heteroatoms. The number of esters is 1. The van der Waals surface area contributed by atoms with E-state index < -0.39 is 17.8 Å². The van der Waals surface area contributed by atoms with E-state index in [1.54, 1.807) is 24.3 Å². The zero-order chi connectivity index (χ0) is 16.8. The summed E-state index contributed by atoms with van der Waals surface area (Å²) in [6, 6.07) is 11.1. The van der Waals surface area contributed by atoms with Crippen LogP contribution in [0.5, 0.6) is 5.75 Å². The predicted octanol–water partition coefficient (Wildman–Crippen LogP) is 1.46. The van der Waals surface area contributed by atoms with E-state index in [1.165, 1.54) is 18.2 Å². The van der Waals surface area contributed by atoms with Gasteiger partial charge in [-0.15, -0.1) is 0 Å². The number of carbonyl (C=O) groups excluding carboxylic acids is 3. The summed E-state index contributed by atoms with van der Waals surface area (Å²) in [5.41, 5.74) is 6.34. The second-order valence-electron chi connectivity index (χ2n) is 4.83. The molecule has 0 radical (unpaired) electrons. The SMILES string of the molecule is NC(C(=O)OCc1ccccc1)C(=O)c1cc(C=O)ccc1O. The molecule has 2 aromatic rings. The molecule has 6 nitrogen and oxygen atoms in total. The number of rotatable bonds is 6. The van der Waals surface area contributed by atoms with Crippen LogP contribution in [-0.2, 0) is 16.1 Å². The average Bonchev–Trinajstić information content (AvgIpc) is 2.59. The van der Waals surface area contributed by atoms with Crippen molar-refractivity contribution in [2.24, 2.45) is 5.73 Å². The summed E-state index contributed by atoms with van der Waals surface area (Å²) in [6.45, 7) is -0.0129. The summed E-state index contributed by atoms with van der Waals surface area (Å²) in [5.74, 6) is -2.08. The van der Waals surface area contributed by atoms with E-state index in [-0.39, 0.29) is 23.5 Å². The Morgan fingerprint density at radius 2 is 1.87 bits per heavy atom. The zero-order valence-corrected chi connectivity index (χ0v) is 12.1. The lowest BCUT2D eigenvalue weighted by Crippen LogP contribution is -2.40. The lowest BCUT2D eigenvalue weighted by Gasteiger charge is -2.12. The lowest BCUT2D eigenvalue weighted by molar-refractivity contribution is -0.145. The number of hydrogen-bond acceptors (Lipinski definition) is 6. The molecule has 0 aliphatic rings. The third kappa shape index (κ3) is 4.02. The van der Waals surface area contributed by atoms with Gasteiger partial charge in [-0.3, -0.25) is 9.59 Å². The van der Waals surface area contributed by atoms with Gasteiger partial charge < -0.3 is 15.6 Å². The van der Waals surface area contributed by atoms with Crippen LogP contribution < -0.4 is 5.73 Å². The Balaban J connectivity index is 2.07. The molecule has 0 saturated heterocycles. The van der Waals surface area contributed by atoms with Crippen molar-refractivity contribution in [3.8, 4) is 5.75 Å². The first kappa shape index (κ1) is 16.4. The van der Waals surface area contributed by atoms with Gasteiger partial charge in [0.2, 0.25) is 0 Å². The summed E-state index contributed by atoms with van der Waals surface area (Å²) in [5, 5.41) is 9.70. The summed E-state index contributed by atoms with van der Waals surface area (Å²) in [7, 11) is 0. The third-order valence-corrected chi connectivity index (χ3v) is 3.18. The highest BCUT2D eigenvalue weighted by molar-refractivity contribution is 6.13. The van der Waals surface area contributed by atoms with Crippen LogP contribution in [0.4, 0.5) is 0 Å². The van der Waals surface area contributed by atoms with Crippen LogP contribution in [0.2, 0.25) is 0 Å². The molecule has 118 valence electrons. The number of phenolic OH excluding ortho intramolecular Hbond substituents is 1. The molecule has 0 bridgehead atoms. The van der Waals surface area contributed by atoms with Crippen LogP contribution in [0.15, 0.2) is 48.5 Å². The zero-order valence-electron chi connectivity index (χ0n) is 12.1. The van der Waals surface area contributed by atoms with Crippen molar-refractivity contribution in [2.45, 2.75) is 12.6 Å². The van der Waals surface area contributed by atoms with Crippen LogP contribution in [-0.4, -0.2) is 29.2 Å². The van der Waals surface area contributed by atoms with Crippen molar-refractivity contribution in [2.75, 3.05) is 0 Å². The number of hydrogen-bond donors (Lipinski definition) is 2. The highest BCUT2D eigenvalue weighted by Gasteiger charge is 2.27. The molecule has 0 aliphatic carbocycles. The van der Waals surface area contributed by atoms with Crippen LogP contribution >= 0.6 is 0 Å². The first-order valence-corrected chi connectivity index (χ1v) is 6.81. The third-order valence-electron chi connectivity index (χ3n) is 3.18. The topological polar surface area (TPSA) is 107 Å². The van der Waals surface area contributed by atoms with Gasteiger partial charge in [0.1, 0.15) is 18.6 Å². The number of aromatic hydroxyl groups is 1. The largest absolute Gasteiger partial charge is 0.507 e. The number of nitrogens with two attached hydrogens (primary N) is 1. The second kappa shape index (κ2) is 7.33. The molecule has 0 fully saturated rings. The highest BCUT2D eigenvalue weighted by atomic mass is 16.5. The monoisotopic (exact) mass is 313 g/mol. The summed E-state index contributed by atoms with van der Waals surface area (Å²) in [6.07, 6.45) is 0.523. The van der Waals surface area contributed by atoms with Crippen LogP contribution in [0.25, 0.3) is 0 Å². The number of ether oxygens (including phenoxy) is 1. The minimum Gasteiger partial charge on any atom is -0.507 e. The summed E-state index contributed by atoms with van der Waals surface area (Å²) >= 11 is 0. The van der Waals surface area contributed by atoms with E-state index in [4.69, 9.17) is 10.5 Å². The summed E-state index contributed by atoms with van der Waals surface area (Å²) in [4.78, 5) is 34.8. The van der Waals surface area contributed by atoms with E-state index in [0.717, 1.165) is 5.56 Å². The van der Waals surface area contributed by atoms with Gasteiger partial charge in [0.05, 0.1) is 5.56 Å². The fraction of sp³-hybridized carbons (Fsp3) is 0.118. The molecule has 0 aromatic heterocycles. The van der Waals surface area contributed by atoms with E-state index in [9.17, 15) is 19.5 Å². The summed E-state index contributed by atoms with van der Waals surface area (Å²) < 4.78 is 4.99. The quantitative estimate of drug-likeness (QED) is 0.362. The van der Waals surface area contributed by atoms with Gasteiger partial charge in [-0.1, -0.05) is 30.3 Å². The maximum atomic E-state index is 12.2. The molecule has 1 unspecified atom stereocenters. The van der Waals surface area contributed by atoms with Gasteiger partial charge in [-0.05, 0) is 23.8 Å². The van der Waals surface area contributed by atoms with E-state index >= 15 is 0 Å². The Kier molecular flexibility index (Phi) is 5.22. The van der Waals surface area contributed by atoms with Crippen molar-refractivity contribution in [3.63, 3.8) is 0 Å². The molecule has 0 heterocycles. The molecule has 3 N–H and O–H groups in total. The molecule has 0 spiro atoms. The van der Waals surface area contributed by atoms with Gasteiger partial charge in [-0.2, -0.15) is 0 Å². The first-order valence-electron chi connectivity index (χ1n) is 6.81. The van der Waals surface area contributed by atoms with Gasteiger partial charge in [0.25, 0.3) is 0 Å². The van der Waals surface area contributed by atoms with E-state index in [2.05, 4.69) is 0 Å². The van der Waals surface area contributed by atoms with Crippen molar-refractivity contribution in [3.05, 3.63) is 65.2 Å². The van der Waals surface area contributed by atoms with E-state index in [1.807, 2.05) is 6.07 Å². The Labute approximate surface area is 132 Å². The fourth-order valence-corrected chi connectivity index (χ4v) is 1.92. The molecule has 2 rings (SSSR count). The fourth-order valence-electron chi connectivity index (χ4n) is 1.92. The Hall–Kier alpha value is -2.99. The second-order valence-corrected chi connectivity index (χ2v) is 4.83. The molecule has 0 saturated carbocycles. The first-order chi connectivity index (χ1) is 11.0. The molecule has 0 aliphatic heterocycles. The number of ketones is 1. The minimum atomic E-state index is -1.58. The predicted molar refractivity (Wildman–Crippen MR) is 82.0 cm³/mol. The van der Waals surface area contributed by atoms with Crippen molar-refractivity contribution in [1.29, 1.82) is 0 Å². The highest BCUT2D eigenvalue weighted by Crippen LogP contribution is 2.19. The van der Waals surface area contributed by atoms with Gasteiger partial charge in [-0.25, -0.2) is 4.79 Å². The van der Waals surface area contributed by atoms with Gasteiger partial charge >= 0.3 is 5.97 Å². The average molecular weight is 313 g/mol. The van der Waals surface area contributed by atoms with Crippen LogP contribution in [0.3, 0.4) is 0 Å². The number of aldehydes is 1. The Morgan fingerprint density at radius 1 is 1.17 bits per heavy atom. The number of Topliss-reactive ketones (excluding diaryl/α,β-unsaturated/α-hetero) is 1. The van der Waals surface area contributed by atoms with Gasteiger partial charge in [0, 0.05) is 5.56 Å². The minimum absolute atomic E-state index is 0.0129. The van der Waals surface area contributed by atoms with Crippen molar-refractivity contribution >= 4 is 18.0 Å².